The number of hydrogen-bond acceptors (Lipinski definition) is 10. The number of nitrogens with one attached hydrogen (secondary N) is 1. The fraction of sp³-hybridized carbons (Fsp3) is 0.286. The highest BCUT2D eigenvalue weighted by Gasteiger charge is 2.29. The second-order valence-corrected chi connectivity index (χ2v) is 10.9. The highest BCUT2D eigenvalue weighted by atomic mass is 32.2. The van der Waals surface area contributed by atoms with Gasteiger partial charge in [0.05, 0.1) is 7.11 Å². The van der Waals surface area contributed by atoms with Crippen molar-refractivity contribution < 1.29 is 23.8 Å². The Morgan fingerprint density at radius 1 is 1.15 bits per heavy atom. The van der Waals surface area contributed by atoms with Crippen LogP contribution in [0.25, 0.3) is 11.1 Å². The van der Waals surface area contributed by atoms with Crippen LogP contribution in [-0.2, 0) is 16.0 Å². The van der Waals surface area contributed by atoms with Crippen molar-refractivity contribution in [2.75, 3.05) is 37.1 Å². The predicted molar refractivity (Wildman–Crippen MR) is 155 cm³/mol. The molecule has 3 N–H and O–H groups in total. The van der Waals surface area contributed by atoms with Crippen molar-refractivity contribution in [1.82, 2.24) is 14.8 Å². The molecule has 1 unspecified atom stereocenters. The smallest absolute Gasteiger partial charge is 0.341 e. The van der Waals surface area contributed by atoms with Gasteiger partial charge >= 0.3 is 5.97 Å². The second-order valence-electron chi connectivity index (χ2n) is 8.91. The zero-order chi connectivity index (χ0) is 28.1. The first-order valence-electron chi connectivity index (χ1n) is 12.8. The van der Waals surface area contributed by atoms with Crippen molar-refractivity contribution >= 4 is 45.9 Å². The molecule has 10 nitrogen and oxygen atoms in total. The van der Waals surface area contributed by atoms with Crippen molar-refractivity contribution in [1.29, 1.82) is 0 Å². The van der Waals surface area contributed by atoms with Gasteiger partial charge < -0.3 is 25.3 Å². The number of anilines is 2. The van der Waals surface area contributed by atoms with Crippen molar-refractivity contribution in [3.8, 4) is 22.6 Å². The van der Waals surface area contributed by atoms with Crippen LogP contribution in [0.15, 0.2) is 59.1 Å². The van der Waals surface area contributed by atoms with E-state index < -0.39 is 12.0 Å². The van der Waals surface area contributed by atoms with Gasteiger partial charge in [-0.05, 0) is 36.1 Å². The van der Waals surface area contributed by atoms with Crippen molar-refractivity contribution in [3.63, 3.8) is 0 Å². The van der Waals surface area contributed by atoms with Crippen LogP contribution in [0.3, 0.4) is 0 Å². The van der Waals surface area contributed by atoms with Crippen LogP contribution in [0.2, 0.25) is 0 Å². The number of carbonyl (C=O) groups is 2. The lowest BCUT2D eigenvalue weighted by Gasteiger charge is -2.19. The molecular formula is C28H29N5O5S2. The monoisotopic (exact) mass is 579 g/mol. The molecule has 1 aliphatic rings. The van der Waals surface area contributed by atoms with Crippen molar-refractivity contribution in [3.05, 3.63) is 65.0 Å². The van der Waals surface area contributed by atoms with E-state index in [1.807, 2.05) is 42.6 Å². The number of aryl methyl sites for hydroxylation is 1. The third-order valence-corrected chi connectivity index (χ3v) is 8.27. The number of ether oxygens (including phenoxy) is 3. The molecule has 5 rings (SSSR count). The maximum atomic E-state index is 13.6. The van der Waals surface area contributed by atoms with E-state index in [2.05, 4.69) is 27.6 Å². The highest BCUT2D eigenvalue weighted by molar-refractivity contribution is 7.99. The van der Waals surface area contributed by atoms with E-state index in [-0.39, 0.29) is 17.4 Å². The first-order valence-corrected chi connectivity index (χ1v) is 14.6. The molecule has 0 bridgehead atoms. The number of thioether (sulfide) groups is 1. The Morgan fingerprint density at radius 3 is 2.67 bits per heavy atom. The minimum atomic E-state index is -0.681. The lowest BCUT2D eigenvalue weighted by molar-refractivity contribution is -0.119. The minimum absolute atomic E-state index is 0.153. The number of nitrogen functional groups attached to an aromatic ring is 1. The van der Waals surface area contributed by atoms with Crippen LogP contribution in [0.1, 0.15) is 35.3 Å². The van der Waals surface area contributed by atoms with Gasteiger partial charge in [-0.1, -0.05) is 55.1 Å². The number of nitrogens with zero attached hydrogens (tertiary/aromatic N) is 3. The largest absolute Gasteiger partial charge is 0.486 e. The van der Waals surface area contributed by atoms with Gasteiger partial charge in [0.25, 0.3) is 0 Å². The maximum absolute atomic E-state index is 13.6. The van der Waals surface area contributed by atoms with Gasteiger partial charge in [-0.15, -0.1) is 21.5 Å². The summed E-state index contributed by atoms with van der Waals surface area (Å²) in [7, 11) is 1.31. The van der Waals surface area contributed by atoms with Crippen LogP contribution in [0.4, 0.5) is 10.9 Å². The molecule has 40 heavy (non-hydrogen) atoms. The zero-order valence-electron chi connectivity index (χ0n) is 22.1. The van der Waals surface area contributed by atoms with E-state index >= 15 is 0 Å². The molecule has 12 heteroatoms. The summed E-state index contributed by atoms with van der Waals surface area (Å²) in [6.07, 6.45) is 1.27. The number of esters is 1. The second kappa shape index (κ2) is 12.4. The number of nitrogens with two attached hydrogens (primary N) is 1. The molecule has 0 radical (unpaired) electrons. The average molecular weight is 580 g/mol. The van der Waals surface area contributed by atoms with Gasteiger partial charge in [-0.3, -0.25) is 9.36 Å². The molecule has 208 valence electrons. The molecule has 2 aromatic carbocycles. The number of rotatable bonds is 10. The van der Waals surface area contributed by atoms with E-state index in [1.165, 1.54) is 35.8 Å². The van der Waals surface area contributed by atoms with E-state index in [9.17, 15) is 9.59 Å². The van der Waals surface area contributed by atoms with Crippen LogP contribution >= 0.6 is 23.1 Å². The van der Waals surface area contributed by atoms with E-state index in [0.29, 0.717) is 46.9 Å². The third-order valence-electron chi connectivity index (χ3n) is 6.43. The fourth-order valence-electron chi connectivity index (χ4n) is 4.44. The SMILES string of the molecule is CCC(C(=O)Nc1scc(-c2ccc3c(c2)OCCO3)c1C(=O)OC)n1c(N)nnc1SCCc1ccccc1. The number of thiophene rings is 1. The molecule has 0 aliphatic carbocycles. The standard InChI is InChI=1S/C28H29N5O5S2/c1-3-20(33-27(29)31-32-28(33)39-14-11-17-7-5-4-6-8-17)24(34)30-25-23(26(35)36-2)19(16-40-25)18-9-10-21-22(15-18)38-13-12-37-21/h4-10,15-16,20H,3,11-14H2,1-2H3,(H2,29,31)(H,30,34). The molecule has 0 saturated heterocycles. The highest BCUT2D eigenvalue weighted by Crippen LogP contribution is 2.41. The predicted octanol–water partition coefficient (Wildman–Crippen LogP) is 5.07. The lowest BCUT2D eigenvalue weighted by Crippen LogP contribution is -2.27. The lowest BCUT2D eigenvalue weighted by atomic mass is 10.0. The summed E-state index contributed by atoms with van der Waals surface area (Å²) in [4.78, 5) is 26.5. The van der Waals surface area contributed by atoms with Crippen LogP contribution in [0.5, 0.6) is 11.5 Å². The van der Waals surface area contributed by atoms with Gasteiger partial charge in [-0.25, -0.2) is 4.79 Å². The van der Waals surface area contributed by atoms with Gasteiger partial charge in [0, 0.05) is 16.7 Å². The van der Waals surface area contributed by atoms with Gasteiger partial charge in [0.2, 0.25) is 11.9 Å². The maximum Gasteiger partial charge on any atom is 0.341 e. The van der Waals surface area contributed by atoms with Crippen LogP contribution in [0, 0.1) is 0 Å². The number of hydrogen-bond donors (Lipinski definition) is 2. The number of amides is 1. The molecule has 0 saturated carbocycles. The van der Waals surface area contributed by atoms with E-state index in [0.717, 1.165) is 17.7 Å². The number of carbonyl (C=O) groups excluding carboxylic acids is 2. The normalized spacial score (nSPS) is 13.1. The summed E-state index contributed by atoms with van der Waals surface area (Å²) in [5.74, 6) is 1.25. The zero-order valence-corrected chi connectivity index (χ0v) is 23.7. The number of fused-ring (bicyclic) bond motifs is 1. The van der Waals surface area contributed by atoms with Gasteiger partial charge in [0.1, 0.15) is 29.8 Å². The summed E-state index contributed by atoms with van der Waals surface area (Å²) < 4.78 is 18.1. The fourth-order valence-corrected chi connectivity index (χ4v) is 6.38. The molecule has 2 aromatic heterocycles. The Hall–Kier alpha value is -4.03. The summed E-state index contributed by atoms with van der Waals surface area (Å²) >= 11 is 2.73. The Morgan fingerprint density at radius 2 is 1.93 bits per heavy atom. The molecule has 1 atom stereocenters. The number of benzene rings is 2. The van der Waals surface area contributed by atoms with Gasteiger partial charge in [-0.2, -0.15) is 0 Å². The van der Waals surface area contributed by atoms with Crippen molar-refractivity contribution in [2.24, 2.45) is 0 Å². The summed E-state index contributed by atoms with van der Waals surface area (Å²) in [6.45, 7) is 2.82. The molecule has 4 aromatic rings. The van der Waals surface area contributed by atoms with E-state index in [4.69, 9.17) is 19.9 Å². The summed E-state index contributed by atoms with van der Waals surface area (Å²) in [5.41, 5.74) is 9.01. The summed E-state index contributed by atoms with van der Waals surface area (Å²) in [5, 5.41) is 13.9. The Bertz CT molecular complexity index is 1500. The first-order chi connectivity index (χ1) is 19.5. The van der Waals surface area contributed by atoms with Gasteiger partial charge in [0.15, 0.2) is 16.7 Å². The van der Waals surface area contributed by atoms with E-state index in [1.54, 1.807) is 10.6 Å². The molecular weight excluding hydrogens is 550 g/mol. The molecule has 1 aliphatic heterocycles. The molecule has 3 heterocycles. The first kappa shape index (κ1) is 27.5. The average Bonchev–Trinajstić information content (AvgIpc) is 3.56. The minimum Gasteiger partial charge on any atom is -0.486 e. The Labute approximate surface area is 239 Å². The van der Waals surface area contributed by atoms with Crippen LogP contribution < -0.4 is 20.5 Å². The Kier molecular flexibility index (Phi) is 8.56. The quantitative estimate of drug-likeness (QED) is 0.195. The molecule has 1 amide bonds. The Balaban J connectivity index is 1.37. The summed E-state index contributed by atoms with van der Waals surface area (Å²) in [6, 6.07) is 14.9. The molecule has 0 spiro atoms. The van der Waals surface area contributed by atoms with Crippen LogP contribution in [-0.4, -0.2) is 52.7 Å². The third kappa shape index (κ3) is 5.77. The molecule has 0 fully saturated rings. The number of aromatic nitrogens is 3. The van der Waals surface area contributed by atoms with Crippen molar-refractivity contribution in [2.45, 2.75) is 31.0 Å². The topological polar surface area (TPSA) is 131 Å². The number of methoxy groups -OCH3 is 1.